The van der Waals surface area contributed by atoms with Gasteiger partial charge in [0.05, 0.1) is 17.7 Å². The zero-order valence-corrected chi connectivity index (χ0v) is 12.5. The van der Waals surface area contributed by atoms with E-state index in [1.807, 2.05) is 37.1 Å². The topological polar surface area (TPSA) is 81.9 Å². The molecule has 1 aromatic carbocycles. The number of benzene rings is 1. The molecular weight excluding hydrogens is 278 g/mol. The van der Waals surface area contributed by atoms with Crippen LogP contribution < -0.4 is 5.32 Å². The van der Waals surface area contributed by atoms with Crippen LogP contribution in [0.4, 0.5) is 5.95 Å². The van der Waals surface area contributed by atoms with Crippen molar-refractivity contribution in [2.75, 3.05) is 12.4 Å². The smallest absolute Gasteiger partial charge is 0.243 e. The quantitative estimate of drug-likeness (QED) is 0.909. The number of carbonyl (C=O) groups excluding carboxylic acids is 1. The van der Waals surface area contributed by atoms with E-state index in [4.69, 9.17) is 5.26 Å². The Balaban J connectivity index is 1.97. The molecule has 1 heterocycles. The Morgan fingerprint density at radius 2 is 2.09 bits per heavy atom. The van der Waals surface area contributed by atoms with Crippen LogP contribution in [0, 0.1) is 11.3 Å². The molecule has 112 valence electrons. The van der Waals surface area contributed by atoms with Crippen LogP contribution in [0.1, 0.15) is 18.1 Å². The Kier molecular flexibility index (Phi) is 5.17. The number of hydrogen-bond acceptors (Lipinski definition) is 5. The molecule has 0 bridgehead atoms. The number of hydrogen-bond donors (Lipinski definition) is 1. The lowest BCUT2D eigenvalue weighted by molar-refractivity contribution is -0.120. The first-order valence-corrected chi connectivity index (χ1v) is 6.87. The van der Waals surface area contributed by atoms with Gasteiger partial charge in [0.15, 0.2) is 0 Å². The van der Waals surface area contributed by atoms with Gasteiger partial charge in [-0.15, -0.1) is 0 Å². The van der Waals surface area contributed by atoms with Gasteiger partial charge >= 0.3 is 0 Å². The van der Waals surface area contributed by atoms with Crippen molar-refractivity contribution in [3.8, 4) is 6.07 Å². The summed E-state index contributed by atoms with van der Waals surface area (Å²) in [6.07, 6.45) is 3.15. The Labute approximate surface area is 129 Å². The number of carbonyl (C=O) groups is 1. The second-order valence-corrected chi connectivity index (χ2v) is 4.96. The SMILES string of the molecule is CC(C(=O)Nc1ncccn1)N(C)Cc1cccc(C#N)c1. The standard InChI is InChI=1S/C16H17N5O/c1-12(15(22)20-16-18-7-4-8-19-16)21(2)11-14-6-3-5-13(9-14)10-17/h3-9,12H,11H2,1-2H3,(H,18,19,20,22). The Bertz CT molecular complexity index is 680. The second-order valence-electron chi connectivity index (χ2n) is 4.96. The first kappa shape index (κ1) is 15.6. The Morgan fingerprint density at radius 3 is 2.77 bits per heavy atom. The van der Waals surface area contributed by atoms with Crippen LogP contribution in [0.2, 0.25) is 0 Å². The van der Waals surface area contributed by atoms with Crippen molar-refractivity contribution < 1.29 is 4.79 Å². The van der Waals surface area contributed by atoms with E-state index in [-0.39, 0.29) is 11.9 Å². The molecule has 2 rings (SSSR count). The van der Waals surface area contributed by atoms with Crippen LogP contribution in [-0.2, 0) is 11.3 Å². The van der Waals surface area contributed by atoms with Crippen molar-refractivity contribution in [1.29, 1.82) is 5.26 Å². The number of rotatable bonds is 5. The lowest BCUT2D eigenvalue weighted by atomic mass is 10.1. The summed E-state index contributed by atoms with van der Waals surface area (Å²) in [5.41, 5.74) is 1.60. The van der Waals surface area contributed by atoms with E-state index in [1.165, 1.54) is 0 Å². The number of amides is 1. The average molecular weight is 295 g/mol. The molecule has 0 aliphatic heterocycles. The minimum absolute atomic E-state index is 0.176. The summed E-state index contributed by atoms with van der Waals surface area (Å²) in [6.45, 7) is 2.38. The van der Waals surface area contributed by atoms with Gasteiger partial charge in [-0.25, -0.2) is 9.97 Å². The zero-order valence-electron chi connectivity index (χ0n) is 12.5. The van der Waals surface area contributed by atoms with E-state index in [0.29, 0.717) is 18.1 Å². The molecule has 0 aliphatic carbocycles. The lowest BCUT2D eigenvalue weighted by Crippen LogP contribution is -2.39. The van der Waals surface area contributed by atoms with Gasteiger partial charge in [0.1, 0.15) is 0 Å². The van der Waals surface area contributed by atoms with Crippen LogP contribution in [0.5, 0.6) is 0 Å². The summed E-state index contributed by atoms with van der Waals surface area (Å²) in [7, 11) is 1.86. The van der Waals surface area contributed by atoms with E-state index in [1.54, 1.807) is 24.5 Å². The van der Waals surface area contributed by atoms with Gasteiger partial charge in [-0.3, -0.25) is 15.0 Å². The molecule has 1 unspecified atom stereocenters. The highest BCUT2D eigenvalue weighted by Crippen LogP contribution is 2.10. The van der Waals surface area contributed by atoms with Gasteiger partial charge in [-0.05, 0) is 37.7 Å². The highest BCUT2D eigenvalue weighted by atomic mass is 16.2. The van der Waals surface area contributed by atoms with Crippen molar-refractivity contribution in [2.45, 2.75) is 19.5 Å². The molecular formula is C16H17N5O. The minimum Gasteiger partial charge on any atom is -0.293 e. The van der Waals surface area contributed by atoms with Crippen LogP contribution in [0.15, 0.2) is 42.7 Å². The van der Waals surface area contributed by atoms with Crippen molar-refractivity contribution >= 4 is 11.9 Å². The molecule has 0 radical (unpaired) electrons. The molecule has 6 heteroatoms. The fourth-order valence-electron chi connectivity index (χ4n) is 1.94. The minimum atomic E-state index is -0.352. The van der Waals surface area contributed by atoms with E-state index in [0.717, 1.165) is 5.56 Å². The third-order valence-corrected chi connectivity index (χ3v) is 3.33. The van der Waals surface area contributed by atoms with E-state index < -0.39 is 0 Å². The molecule has 1 aromatic heterocycles. The summed E-state index contributed by atoms with van der Waals surface area (Å²) in [4.78, 5) is 22.0. The Morgan fingerprint density at radius 1 is 1.36 bits per heavy atom. The monoisotopic (exact) mass is 295 g/mol. The van der Waals surface area contributed by atoms with Crippen molar-refractivity contribution in [1.82, 2.24) is 14.9 Å². The predicted octanol–water partition coefficient (Wildman–Crippen LogP) is 1.81. The number of aromatic nitrogens is 2. The van der Waals surface area contributed by atoms with Crippen molar-refractivity contribution in [3.05, 3.63) is 53.9 Å². The van der Waals surface area contributed by atoms with Crippen LogP contribution in [0.25, 0.3) is 0 Å². The van der Waals surface area contributed by atoms with Gasteiger partial charge in [0, 0.05) is 18.9 Å². The van der Waals surface area contributed by atoms with Gasteiger partial charge in [0.25, 0.3) is 0 Å². The summed E-state index contributed by atoms with van der Waals surface area (Å²) >= 11 is 0. The number of nitrogens with zero attached hydrogens (tertiary/aromatic N) is 4. The number of nitriles is 1. The lowest BCUT2D eigenvalue weighted by Gasteiger charge is -2.23. The fraction of sp³-hybridized carbons (Fsp3) is 0.250. The second kappa shape index (κ2) is 7.29. The molecule has 22 heavy (non-hydrogen) atoms. The number of nitrogens with one attached hydrogen (secondary N) is 1. The maximum absolute atomic E-state index is 12.2. The molecule has 2 aromatic rings. The zero-order chi connectivity index (χ0) is 15.9. The highest BCUT2D eigenvalue weighted by Gasteiger charge is 2.19. The average Bonchev–Trinajstić information content (AvgIpc) is 2.55. The summed E-state index contributed by atoms with van der Waals surface area (Å²) < 4.78 is 0. The molecule has 0 saturated heterocycles. The molecule has 0 aliphatic rings. The third kappa shape index (κ3) is 4.11. The van der Waals surface area contributed by atoms with Crippen LogP contribution in [-0.4, -0.2) is 33.9 Å². The molecule has 1 atom stereocenters. The number of anilines is 1. The van der Waals surface area contributed by atoms with E-state index in [2.05, 4.69) is 21.4 Å². The van der Waals surface area contributed by atoms with Crippen LogP contribution in [0.3, 0.4) is 0 Å². The van der Waals surface area contributed by atoms with Crippen LogP contribution >= 0.6 is 0 Å². The summed E-state index contributed by atoms with van der Waals surface area (Å²) in [5, 5.41) is 11.6. The van der Waals surface area contributed by atoms with Gasteiger partial charge < -0.3 is 0 Å². The van der Waals surface area contributed by atoms with Crippen molar-refractivity contribution in [3.63, 3.8) is 0 Å². The number of likely N-dealkylation sites (N-methyl/N-ethyl adjacent to an activating group) is 1. The molecule has 0 spiro atoms. The van der Waals surface area contributed by atoms with E-state index >= 15 is 0 Å². The highest BCUT2D eigenvalue weighted by molar-refractivity contribution is 5.92. The third-order valence-electron chi connectivity index (χ3n) is 3.33. The van der Waals surface area contributed by atoms with E-state index in [9.17, 15) is 4.79 Å². The maximum atomic E-state index is 12.2. The van der Waals surface area contributed by atoms with Gasteiger partial charge in [-0.2, -0.15) is 5.26 Å². The summed E-state index contributed by atoms with van der Waals surface area (Å²) in [6, 6.07) is 10.8. The maximum Gasteiger partial charge on any atom is 0.243 e. The first-order valence-electron chi connectivity index (χ1n) is 6.87. The predicted molar refractivity (Wildman–Crippen MR) is 82.7 cm³/mol. The molecule has 0 saturated carbocycles. The fourth-order valence-corrected chi connectivity index (χ4v) is 1.94. The molecule has 1 N–H and O–H groups in total. The molecule has 1 amide bonds. The normalized spacial score (nSPS) is 11.7. The largest absolute Gasteiger partial charge is 0.293 e. The summed E-state index contributed by atoms with van der Waals surface area (Å²) in [5.74, 6) is 0.115. The van der Waals surface area contributed by atoms with Gasteiger partial charge in [-0.1, -0.05) is 12.1 Å². The Hall–Kier alpha value is -2.78. The molecule has 6 nitrogen and oxygen atoms in total. The first-order chi connectivity index (χ1) is 10.6. The molecule has 0 fully saturated rings. The van der Waals surface area contributed by atoms with Crippen molar-refractivity contribution in [2.24, 2.45) is 0 Å². The van der Waals surface area contributed by atoms with Gasteiger partial charge in [0.2, 0.25) is 11.9 Å².